The fourth-order valence-corrected chi connectivity index (χ4v) is 1.71. The van der Waals surface area contributed by atoms with Gasteiger partial charge in [0.2, 0.25) is 0 Å². The monoisotopic (exact) mass is 182 g/mol. The van der Waals surface area contributed by atoms with Crippen molar-refractivity contribution in [3.05, 3.63) is 28.0 Å². The molecule has 0 N–H and O–H groups in total. The largest absolute Gasteiger partial charge is 0.465 e. The number of methoxy groups -OCH3 is 1. The maximum absolute atomic E-state index is 11.0. The lowest BCUT2D eigenvalue weighted by molar-refractivity contribution is 0.0606. The number of thiophene rings is 1. The fourth-order valence-electron chi connectivity index (χ4n) is 0.817. The van der Waals surface area contributed by atoms with E-state index in [1.165, 1.54) is 18.4 Å². The Morgan fingerprint density at radius 3 is 2.92 bits per heavy atom. The zero-order valence-electron chi connectivity index (χ0n) is 7.03. The molecule has 0 aliphatic rings. The third-order valence-corrected chi connectivity index (χ3v) is 2.37. The number of hydrogen-bond acceptors (Lipinski definition) is 3. The average Bonchev–Trinajstić information content (AvgIpc) is 2.52. The Morgan fingerprint density at radius 1 is 1.58 bits per heavy atom. The van der Waals surface area contributed by atoms with Crippen LogP contribution in [0.25, 0.3) is 6.08 Å². The van der Waals surface area contributed by atoms with Gasteiger partial charge in [-0.3, -0.25) is 0 Å². The van der Waals surface area contributed by atoms with Gasteiger partial charge in [-0.15, -0.1) is 11.3 Å². The van der Waals surface area contributed by atoms with Crippen LogP contribution in [0.15, 0.2) is 18.2 Å². The van der Waals surface area contributed by atoms with Crippen LogP contribution in [0.5, 0.6) is 0 Å². The normalized spacial score (nSPS) is 10.5. The first-order valence-corrected chi connectivity index (χ1v) is 4.40. The van der Waals surface area contributed by atoms with E-state index in [9.17, 15) is 4.79 Å². The number of carbonyl (C=O) groups excluding carboxylic acids is 1. The summed E-state index contributed by atoms with van der Waals surface area (Å²) in [5.41, 5.74) is 0. The first-order chi connectivity index (χ1) is 5.77. The molecule has 0 saturated heterocycles. The molecule has 0 aliphatic heterocycles. The zero-order chi connectivity index (χ0) is 8.97. The number of esters is 1. The van der Waals surface area contributed by atoms with E-state index in [4.69, 9.17) is 0 Å². The van der Waals surface area contributed by atoms with E-state index in [2.05, 4.69) is 4.74 Å². The van der Waals surface area contributed by atoms with Gasteiger partial charge in [0, 0.05) is 4.88 Å². The predicted octanol–water partition coefficient (Wildman–Crippen LogP) is 2.57. The molecule has 0 amide bonds. The van der Waals surface area contributed by atoms with Crippen molar-refractivity contribution >= 4 is 23.4 Å². The van der Waals surface area contributed by atoms with Crippen LogP contribution in [-0.2, 0) is 4.74 Å². The topological polar surface area (TPSA) is 26.3 Å². The molecule has 2 nitrogen and oxygen atoms in total. The van der Waals surface area contributed by atoms with Crippen LogP contribution in [0.2, 0.25) is 0 Å². The van der Waals surface area contributed by atoms with E-state index in [0.29, 0.717) is 4.88 Å². The van der Waals surface area contributed by atoms with Gasteiger partial charge >= 0.3 is 5.97 Å². The zero-order valence-corrected chi connectivity index (χ0v) is 7.85. The van der Waals surface area contributed by atoms with Crippen LogP contribution in [0, 0.1) is 0 Å². The summed E-state index contributed by atoms with van der Waals surface area (Å²) in [6, 6.07) is 3.67. The maximum Gasteiger partial charge on any atom is 0.348 e. The van der Waals surface area contributed by atoms with Crippen LogP contribution in [0.4, 0.5) is 0 Å². The fraction of sp³-hybridized carbons (Fsp3) is 0.222. The van der Waals surface area contributed by atoms with E-state index >= 15 is 0 Å². The highest BCUT2D eigenvalue weighted by atomic mass is 32.1. The molecule has 0 saturated carbocycles. The molecule has 0 radical (unpaired) electrons. The molecule has 3 heteroatoms. The maximum atomic E-state index is 11.0. The summed E-state index contributed by atoms with van der Waals surface area (Å²) in [4.78, 5) is 12.7. The Labute approximate surface area is 75.5 Å². The minimum atomic E-state index is -0.268. The Kier molecular flexibility index (Phi) is 3.05. The molecule has 1 rings (SSSR count). The van der Waals surface area contributed by atoms with Crippen LogP contribution in [0.1, 0.15) is 21.5 Å². The summed E-state index contributed by atoms with van der Waals surface area (Å²) in [6.07, 6.45) is 3.89. The van der Waals surface area contributed by atoms with E-state index in [1.54, 1.807) is 6.07 Å². The van der Waals surface area contributed by atoms with Gasteiger partial charge in [0.15, 0.2) is 0 Å². The van der Waals surface area contributed by atoms with Gasteiger partial charge < -0.3 is 4.74 Å². The summed E-state index contributed by atoms with van der Waals surface area (Å²) in [5.74, 6) is -0.268. The second-order valence-corrected chi connectivity index (χ2v) is 3.31. The van der Waals surface area contributed by atoms with Gasteiger partial charge in [0.05, 0.1) is 7.11 Å². The molecule has 1 aromatic heterocycles. The van der Waals surface area contributed by atoms with Crippen molar-refractivity contribution in [3.8, 4) is 0 Å². The molecule has 0 aromatic carbocycles. The van der Waals surface area contributed by atoms with Crippen molar-refractivity contribution in [2.45, 2.75) is 6.92 Å². The second-order valence-electron chi connectivity index (χ2n) is 2.19. The standard InChI is InChI=1S/C9H10O2S/c1-3-4-7-5-6-8(12-7)9(10)11-2/h3-6H,1-2H3/b4-3+. The van der Waals surface area contributed by atoms with Gasteiger partial charge in [-0.2, -0.15) is 0 Å². The average molecular weight is 182 g/mol. The first-order valence-electron chi connectivity index (χ1n) is 3.58. The lowest BCUT2D eigenvalue weighted by Gasteiger charge is -1.91. The van der Waals surface area contributed by atoms with Crippen LogP contribution < -0.4 is 0 Å². The molecule has 0 aliphatic carbocycles. The number of rotatable bonds is 2. The Bertz CT molecular complexity index is 299. The Hall–Kier alpha value is -1.09. The van der Waals surface area contributed by atoms with E-state index in [1.807, 2.05) is 25.1 Å². The van der Waals surface area contributed by atoms with Crippen molar-refractivity contribution < 1.29 is 9.53 Å². The highest BCUT2D eigenvalue weighted by Crippen LogP contribution is 2.18. The molecule has 1 heterocycles. The third-order valence-electron chi connectivity index (χ3n) is 1.34. The lowest BCUT2D eigenvalue weighted by atomic mass is 10.4. The molecule has 0 bridgehead atoms. The Morgan fingerprint density at radius 2 is 2.33 bits per heavy atom. The minimum Gasteiger partial charge on any atom is -0.465 e. The van der Waals surface area contributed by atoms with Crippen molar-refractivity contribution in [3.63, 3.8) is 0 Å². The molecule has 12 heavy (non-hydrogen) atoms. The van der Waals surface area contributed by atoms with E-state index < -0.39 is 0 Å². The molecular formula is C9H10O2S. The molecule has 0 unspecified atom stereocenters. The van der Waals surface area contributed by atoms with E-state index in [0.717, 1.165) is 4.88 Å². The smallest absolute Gasteiger partial charge is 0.348 e. The molecule has 0 atom stereocenters. The molecular weight excluding hydrogens is 172 g/mol. The summed E-state index contributed by atoms with van der Waals surface area (Å²) in [5, 5.41) is 0. The van der Waals surface area contributed by atoms with Crippen molar-refractivity contribution in [2.75, 3.05) is 7.11 Å². The molecule has 64 valence electrons. The molecule has 1 aromatic rings. The summed E-state index contributed by atoms with van der Waals surface area (Å²) in [6.45, 7) is 1.94. The summed E-state index contributed by atoms with van der Waals surface area (Å²) >= 11 is 1.43. The second kappa shape index (κ2) is 4.07. The highest BCUT2D eigenvalue weighted by Gasteiger charge is 2.06. The quantitative estimate of drug-likeness (QED) is 0.657. The van der Waals surface area contributed by atoms with Gasteiger partial charge in [-0.25, -0.2) is 4.79 Å². The van der Waals surface area contributed by atoms with Crippen LogP contribution in [0.3, 0.4) is 0 Å². The van der Waals surface area contributed by atoms with Gasteiger partial charge in [-0.1, -0.05) is 6.08 Å². The number of hydrogen-bond donors (Lipinski definition) is 0. The SMILES string of the molecule is C/C=C/c1ccc(C(=O)OC)s1. The highest BCUT2D eigenvalue weighted by molar-refractivity contribution is 7.14. The van der Waals surface area contributed by atoms with Crippen LogP contribution >= 0.6 is 11.3 Å². The predicted molar refractivity (Wildman–Crippen MR) is 50.4 cm³/mol. The number of allylic oxidation sites excluding steroid dienone is 1. The first kappa shape index (κ1) is 9.00. The number of ether oxygens (including phenoxy) is 1. The minimum absolute atomic E-state index is 0.268. The van der Waals surface area contributed by atoms with Gasteiger partial charge in [0.1, 0.15) is 4.88 Å². The third kappa shape index (κ3) is 1.95. The van der Waals surface area contributed by atoms with Gasteiger partial charge in [0.25, 0.3) is 0 Å². The van der Waals surface area contributed by atoms with Crippen molar-refractivity contribution in [1.29, 1.82) is 0 Å². The molecule has 0 spiro atoms. The Balaban J connectivity index is 2.84. The number of carbonyl (C=O) groups is 1. The molecule has 0 fully saturated rings. The van der Waals surface area contributed by atoms with Crippen LogP contribution in [-0.4, -0.2) is 13.1 Å². The van der Waals surface area contributed by atoms with Gasteiger partial charge in [-0.05, 0) is 25.1 Å². The van der Waals surface area contributed by atoms with Crippen molar-refractivity contribution in [1.82, 2.24) is 0 Å². The summed E-state index contributed by atoms with van der Waals surface area (Å²) in [7, 11) is 1.39. The van der Waals surface area contributed by atoms with E-state index in [-0.39, 0.29) is 5.97 Å². The van der Waals surface area contributed by atoms with Crippen molar-refractivity contribution in [2.24, 2.45) is 0 Å². The lowest BCUT2D eigenvalue weighted by Crippen LogP contribution is -1.96. The summed E-state index contributed by atoms with van der Waals surface area (Å²) < 4.78 is 4.58.